The Balaban J connectivity index is 1.67. The molecule has 1 aromatic carbocycles. The topological polar surface area (TPSA) is 75.4 Å². The summed E-state index contributed by atoms with van der Waals surface area (Å²) in [4.78, 5) is 25.2. The van der Waals surface area contributed by atoms with Crippen molar-refractivity contribution >= 4 is 11.9 Å². The molecular formula is C18H21N3O3. The van der Waals surface area contributed by atoms with Gasteiger partial charge in [-0.1, -0.05) is 18.2 Å². The molecule has 0 atom stereocenters. The van der Waals surface area contributed by atoms with Crippen LogP contribution in [0.25, 0.3) is 5.69 Å². The highest BCUT2D eigenvalue weighted by Crippen LogP contribution is 2.22. The number of likely N-dealkylation sites (tertiary alicyclic amines) is 1. The number of hydrogen-bond acceptors (Lipinski definition) is 3. The minimum atomic E-state index is -0.765. The van der Waals surface area contributed by atoms with Crippen molar-refractivity contribution in [2.75, 3.05) is 13.1 Å². The number of carboxylic acid groups (broad SMARTS) is 1. The molecule has 0 unspecified atom stereocenters. The highest BCUT2D eigenvalue weighted by molar-refractivity contribution is 5.93. The number of carbonyl (C=O) groups excluding carboxylic acids is 1. The number of nitrogens with zero attached hydrogens (tertiary/aromatic N) is 3. The molecule has 126 valence electrons. The first-order valence-electron chi connectivity index (χ1n) is 8.16. The average Bonchev–Trinajstić information content (AvgIpc) is 3.04. The van der Waals surface area contributed by atoms with Crippen LogP contribution in [-0.4, -0.2) is 44.8 Å². The number of hydrogen-bond donors (Lipinski definition) is 1. The predicted molar refractivity (Wildman–Crippen MR) is 89.2 cm³/mol. The Morgan fingerprint density at radius 1 is 1.25 bits per heavy atom. The van der Waals surface area contributed by atoms with Gasteiger partial charge in [0, 0.05) is 25.7 Å². The van der Waals surface area contributed by atoms with Gasteiger partial charge >= 0.3 is 5.97 Å². The molecular weight excluding hydrogens is 306 g/mol. The van der Waals surface area contributed by atoms with E-state index in [0.717, 1.165) is 24.1 Å². The maximum Gasteiger partial charge on any atom is 0.303 e. The number of aromatic nitrogens is 2. The van der Waals surface area contributed by atoms with Gasteiger partial charge < -0.3 is 10.0 Å². The van der Waals surface area contributed by atoms with Crippen LogP contribution in [0.15, 0.2) is 36.7 Å². The minimum absolute atomic E-state index is 0.0383. The fourth-order valence-electron chi connectivity index (χ4n) is 3.16. The molecule has 2 aromatic rings. The normalized spacial score (nSPS) is 15.5. The zero-order valence-corrected chi connectivity index (χ0v) is 13.7. The maximum absolute atomic E-state index is 12.6. The van der Waals surface area contributed by atoms with Crippen LogP contribution in [0.5, 0.6) is 0 Å². The molecule has 6 heteroatoms. The minimum Gasteiger partial charge on any atom is -0.481 e. The quantitative estimate of drug-likeness (QED) is 0.936. The number of carboxylic acids is 1. The third-order valence-corrected chi connectivity index (χ3v) is 4.56. The molecule has 6 nitrogen and oxygen atoms in total. The molecule has 1 aliphatic rings. The number of carbonyl (C=O) groups is 2. The Morgan fingerprint density at radius 2 is 1.96 bits per heavy atom. The first kappa shape index (κ1) is 16.2. The first-order chi connectivity index (χ1) is 11.5. The van der Waals surface area contributed by atoms with Gasteiger partial charge in [0.1, 0.15) is 0 Å². The fraction of sp³-hybridized carbons (Fsp3) is 0.389. The van der Waals surface area contributed by atoms with Crippen molar-refractivity contribution in [1.82, 2.24) is 14.7 Å². The zero-order valence-electron chi connectivity index (χ0n) is 13.7. The van der Waals surface area contributed by atoms with Gasteiger partial charge in [-0.05, 0) is 37.3 Å². The van der Waals surface area contributed by atoms with Crippen LogP contribution in [-0.2, 0) is 4.79 Å². The summed E-state index contributed by atoms with van der Waals surface area (Å²) in [6, 6.07) is 7.88. The first-order valence-corrected chi connectivity index (χ1v) is 8.16. The molecule has 0 aliphatic carbocycles. The largest absolute Gasteiger partial charge is 0.481 e. The van der Waals surface area contributed by atoms with Gasteiger partial charge in [0.15, 0.2) is 0 Å². The summed E-state index contributed by atoms with van der Waals surface area (Å²) < 4.78 is 1.72. The van der Waals surface area contributed by atoms with Crippen molar-refractivity contribution in [3.8, 4) is 5.69 Å². The second-order valence-electron chi connectivity index (χ2n) is 6.29. The molecule has 1 fully saturated rings. The van der Waals surface area contributed by atoms with Crippen molar-refractivity contribution in [3.05, 3.63) is 47.8 Å². The molecule has 3 rings (SSSR count). The summed E-state index contributed by atoms with van der Waals surface area (Å²) in [7, 11) is 0. The summed E-state index contributed by atoms with van der Waals surface area (Å²) in [5.41, 5.74) is 2.61. The Labute approximate surface area is 140 Å². The lowest BCUT2D eigenvalue weighted by Gasteiger charge is -2.31. The molecule has 0 saturated carbocycles. The van der Waals surface area contributed by atoms with E-state index in [9.17, 15) is 9.59 Å². The summed E-state index contributed by atoms with van der Waals surface area (Å²) in [5.74, 6) is -0.635. The van der Waals surface area contributed by atoms with Gasteiger partial charge in [-0.2, -0.15) is 5.10 Å². The summed E-state index contributed by atoms with van der Waals surface area (Å²) in [6.07, 6.45) is 5.02. The molecule has 1 N–H and O–H groups in total. The summed E-state index contributed by atoms with van der Waals surface area (Å²) in [6.45, 7) is 3.21. The van der Waals surface area contributed by atoms with Crippen molar-refractivity contribution < 1.29 is 14.7 Å². The molecule has 24 heavy (non-hydrogen) atoms. The van der Waals surface area contributed by atoms with E-state index in [-0.39, 0.29) is 18.2 Å². The van der Waals surface area contributed by atoms with Gasteiger partial charge in [-0.25, -0.2) is 4.68 Å². The van der Waals surface area contributed by atoms with Crippen molar-refractivity contribution in [1.29, 1.82) is 0 Å². The lowest BCUT2D eigenvalue weighted by Crippen LogP contribution is -2.38. The third-order valence-electron chi connectivity index (χ3n) is 4.56. The predicted octanol–water partition coefficient (Wildman–Crippen LogP) is 2.51. The van der Waals surface area contributed by atoms with Gasteiger partial charge in [-0.15, -0.1) is 0 Å². The van der Waals surface area contributed by atoms with Crippen LogP contribution in [0, 0.1) is 12.8 Å². The van der Waals surface area contributed by atoms with E-state index in [2.05, 4.69) is 5.10 Å². The number of aryl methyl sites for hydroxylation is 1. The van der Waals surface area contributed by atoms with Crippen molar-refractivity contribution in [2.24, 2.45) is 5.92 Å². The van der Waals surface area contributed by atoms with Gasteiger partial charge in [-0.3, -0.25) is 9.59 Å². The van der Waals surface area contributed by atoms with E-state index in [1.807, 2.05) is 31.2 Å². The van der Waals surface area contributed by atoms with Crippen LogP contribution < -0.4 is 0 Å². The highest BCUT2D eigenvalue weighted by Gasteiger charge is 2.25. The number of amides is 1. The Kier molecular flexibility index (Phi) is 4.64. The molecule has 0 spiro atoms. The van der Waals surface area contributed by atoms with Gasteiger partial charge in [0.05, 0.1) is 17.4 Å². The van der Waals surface area contributed by atoms with E-state index in [4.69, 9.17) is 5.11 Å². The number of benzene rings is 1. The van der Waals surface area contributed by atoms with Crippen LogP contribution in [0.3, 0.4) is 0 Å². The Bertz CT molecular complexity index is 745. The highest BCUT2D eigenvalue weighted by atomic mass is 16.4. The number of piperidine rings is 1. The molecule has 1 amide bonds. The van der Waals surface area contributed by atoms with Crippen LogP contribution >= 0.6 is 0 Å². The second kappa shape index (κ2) is 6.86. The monoisotopic (exact) mass is 327 g/mol. The van der Waals surface area contributed by atoms with Gasteiger partial charge in [0.25, 0.3) is 5.91 Å². The third kappa shape index (κ3) is 3.48. The van der Waals surface area contributed by atoms with Gasteiger partial charge in [0.2, 0.25) is 0 Å². The average molecular weight is 327 g/mol. The molecule has 2 heterocycles. The number of aliphatic carboxylic acids is 1. The summed E-state index contributed by atoms with van der Waals surface area (Å²) >= 11 is 0. The fourth-order valence-corrected chi connectivity index (χ4v) is 3.16. The Morgan fingerprint density at radius 3 is 2.62 bits per heavy atom. The van der Waals surface area contributed by atoms with Crippen molar-refractivity contribution in [2.45, 2.75) is 26.2 Å². The van der Waals surface area contributed by atoms with E-state index in [1.165, 1.54) is 0 Å². The molecule has 1 aromatic heterocycles. The number of rotatable bonds is 4. The van der Waals surface area contributed by atoms with Crippen LogP contribution in [0.4, 0.5) is 0 Å². The zero-order chi connectivity index (χ0) is 17.1. The molecule has 1 aliphatic heterocycles. The van der Waals surface area contributed by atoms with Crippen LogP contribution in [0.1, 0.15) is 35.2 Å². The Hall–Kier alpha value is -2.63. The molecule has 0 radical (unpaired) electrons. The SMILES string of the molecule is Cc1ccccc1-n1cc(C(=O)N2CCC(CC(=O)O)CC2)cn1. The molecule has 1 saturated heterocycles. The molecule has 0 bridgehead atoms. The second-order valence-corrected chi connectivity index (χ2v) is 6.29. The van der Waals surface area contributed by atoms with Crippen LogP contribution in [0.2, 0.25) is 0 Å². The van der Waals surface area contributed by atoms with Crippen molar-refractivity contribution in [3.63, 3.8) is 0 Å². The van der Waals surface area contributed by atoms with E-state index in [1.54, 1.807) is 22.0 Å². The summed E-state index contributed by atoms with van der Waals surface area (Å²) in [5, 5.41) is 13.2. The smallest absolute Gasteiger partial charge is 0.303 e. The van der Waals surface area contributed by atoms with E-state index in [0.29, 0.717) is 18.7 Å². The van der Waals surface area contributed by atoms with E-state index >= 15 is 0 Å². The lowest BCUT2D eigenvalue weighted by molar-refractivity contribution is -0.138. The lowest BCUT2D eigenvalue weighted by atomic mass is 9.93. The number of para-hydroxylation sites is 1. The van der Waals surface area contributed by atoms with E-state index < -0.39 is 5.97 Å². The maximum atomic E-state index is 12.6. The standard InChI is InChI=1S/C18H21N3O3/c1-13-4-2-3-5-16(13)21-12-15(11-19-21)18(24)20-8-6-14(7-9-20)10-17(22)23/h2-5,11-12,14H,6-10H2,1H3,(H,22,23).